The Hall–Kier alpha value is -0.693. The van der Waals surface area contributed by atoms with E-state index in [1.54, 1.807) is 0 Å². The summed E-state index contributed by atoms with van der Waals surface area (Å²) in [5.74, 6) is 0. The van der Waals surface area contributed by atoms with Gasteiger partial charge < -0.3 is 9.84 Å². The Labute approximate surface area is 119 Å². The summed E-state index contributed by atoms with van der Waals surface area (Å²) in [5, 5.41) is 13.4. The van der Waals surface area contributed by atoms with Gasteiger partial charge in [0.2, 0.25) is 0 Å². The van der Waals surface area contributed by atoms with Crippen LogP contribution in [0.1, 0.15) is 18.6 Å². The third-order valence-electron chi connectivity index (χ3n) is 2.67. The lowest BCUT2D eigenvalue weighted by Gasteiger charge is -2.15. The molecule has 0 amide bonds. The molecule has 1 rings (SSSR count). The zero-order chi connectivity index (χ0) is 14.6. The minimum absolute atomic E-state index is 0.00111. The van der Waals surface area contributed by atoms with Crippen LogP contribution in [-0.2, 0) is 11.5 Å². The second kappa shape index (κ2) is 6.65. The molecule has 1 aromatic heterocycles. The molecule has 0 fully saturated rings. The van der Waals surface area contributed by atoms with Crippen LogP contribution >= 0.6 is 11.6 Å². The average molecular weight is 305 g/mol. The predicted octanol–water partition coefficient (Wildman–Crippen LogP) is 2.26. The van der Waals surface area contributed by atoms with E-state index in [0.29, 0.717) is 12.2 Å². The summed E-state index contributed by atoms with van der Waals surface area (Å²) in [6, 6.07) is 1.03. The molecule has 0 spiro atoms. The fourth-order valence-electron chi connectivity index (χ4n) is 1.39. The van der Waals surface area contributed by atoms with Crippen LogP contribution < -0.4 is 5.56 Å². The monoisotopic (exact) mass is 304 g/mol. The highest BCUT2D eigenvalue weighted by molar-refractivity contribution is 6.76. The summed E-state index contributed by atoms with van der Waals surface area (Å²) in [4.78, 5) is 11.9. The van der Waals surface area contributed by atoms with Gasteiger partial charge in [0.25, 0.3) is 5.56 Å². The van der Waals surface area contributed by atoms with E-state index in [2.05, 4.69) is 24.7 Å². The van der Waals surface area contributed by atoms with Gasteiger partial charge in [-0.05, 0) is 13.0 Å². The fourth-order valence-corrected chi connectivity index (χ4v) is 2.45. The molecule has 7 heteroatoms. The first kappa shape index (κ1) is 16.4. The number of halogens is 1. The number of nitrogens with zero attached hydrogens (tertiary/aromatic N) is 2. The van der Waals surface area contributed by atoms with Crippen molar-refractivity contribution in [3.05, 3.63) is 27.1 Å². The Bertz CT molecular complexity index is 483. The first-order valence-electron chi connectivity index (χ1n) is 6.23. The van der Waals surface area contributed by atoms with Gasteiger partial charge in [0.05, 0.1) is 12.3 Å². The minimum Gasteiger partial charge on any atom is -0.389 e. The second-order valence-corrected chi connectivity index (χ2v) is 11.7. The van der Waals surface area contributed by atoms with Crippen LogP contribution in [0.15, 0.2) is 11.0 Å². The molecule has 0 bridgehead atoms. The van der Waals surface area contributed by atoms with E-state index in [1.165, 1.54) is 17.8 Å². The Kier molecular flexibility index (Phi) is 5.73. The van der Waals surface area contributed by atoms with Crippen LogP contribution in [0, 0.1) is 0 Å². The van der Waals surface area contributed by atoms with Crippen LogP contribution in [0.2, 0.25) is 30.7 Å². The lowest BCUT2D eigenvalue weighted by Crippen LogP contribution is -2.27. The molecule has 19 heavy (non-hydrogen) atoms. The van der Waals surface area contributed by atoms with Gasteiger partial charge in [0.15, 0.2) is 0 Å². The number of aliphatic hydroxyl groups excluding tert-OH is 1. The summed E-state index contributed by atoms with van der Waals surface area (Å²) in [7, 11) is -1.14. The highest BCUT2D eigenvalue weighted by Crippen LogP contribution is 2.17. The van der Waals surface area contributed by atoms with Gasteiger partial charge in [-0.15, -0.1) is 0 Å². The van der Waals surface area contributed by atoms with Gasteiger partial charge in [0, 0.05) is 20.2 Å². The standard InChI is InChI=1S/C12H21ClN2O3Si/c1-9(16)10-7-14-15(12(17)11(10)13)8-18-5-6-19(2,3)4/h7,9,16H,5-6,8H2,1-4H3. The van der Waals surface area contributed by atoms with Crippen molar-refractivity contribution in [2.75, 3.05) is 6.61 Å². The number of aliphatic hydroxyl groups is 1. The molecule has 1 unspecified atom stereocenters. The molecule has 1 atom stereocenters. The number of rotatable bonds is 6. The maximum Gasteiger partial charge on any atom is 0.288 e. The van der Waals surface area contributed by atoms with E-state index >= 15 is 0 Å². The van der Waals surface area contributed by atoms with E-state index in [9.17, 15) is 9.90 Å². The highest BCUT2D eigenvalue weighted by Gasteiger charge is 2.14. The van der Waals surface area contributed by atoms with Crippen LogP contribution in [0.25, 0.3) is 0 Å². The topological polar surface area (TPSA) is 64.3 Å². The quantitative estimate of drug-likeness (QED) is 0.647. The predicted molar refractivity (Wildman–Crippen MR) is 78.2 cm³/mol. The molecule has 0 aliphatic heterocycles. The first-order valence-corrected chi connectivity index (χ1v) is 10.3. The van der Waals surface area contributed by atoms with Crippen molar-refractivity contribution in [1.29, 1.82) is 0 Å². The maximum atomic E-state index is 11.9. The molecule has 0 aliphatic rings. The molecule has 0 saturated carbocycles. The molecule has 0 aliphatic carbocycles. The molecule has 1 aromatic rings. The normalized spacial score (nSPS) is 13.6. The van der Waals surface area contributed by atoms with Crippen LogP contribution in [0.4, 0.5) is 0 Å². The van der Waals surface area contributed by atoms with E-state index in [1.807, 2.05) is 0 Å². The summed E-state index contributed by atoms with van der Waals surface area (Å²) < 4.78 is 6.61. The molecule has 0 aromatic carbocycles. The maximum absolute atomic E-state index is 11.9. The lowest BCUT2D eigenvalue weighted by atomic mass is 10.2. The molecule has 1 N–H and O–H groups in total. The van der Waals surface area contributed by atoms with Crippen LogP contribution in [0.3, 0.4) is 0 Å². The first-order chi connectivity index (χ1) is 8.72. The fraction of sp³-hybridized carbons (Fsp3) is 0.667. The summed E-state index contributed by atoms with van der Waals surface area (Å²) in [6.45, 7) is 9.01. The number of ether oxygens (including phenoxy) is 1. The van der Waals surface area contributed by atoms with Crippen molar-refractivity contribution in [2.24, 2.45) is 0 Å². The van der Waals surface area contributed by atoms with E-state index in [-0.39, 0.29) is 11.8 Å². The van der Waals surface area contributed by atoms with Gasteiger partial charge in [-0.25, -0.2) is 4.68 Å². The van der Waals surface area contributed by atoms with Gasteiger partial charge in [-0.3, -0.25) is 4.79 Å². The highest BCUT2D eigenvalue weighted by atomic mass is 35.5. The van der Waals surface area contributed by atoms with Gasteiger partial charge in [-0.1, -0.05) is 31.2 Å². The van der Waals surface area contributed by atoms with Gasteiger partial charge in [-0.2, -0.15) is 5.10 Å². The smallest absolute Gasteiger partial charge is 0.288 e. The third kappa shape index (κ3) is 5.06. The number of hydrogen-bond donors (Lipinski definition) is 1. The zero-order valence-corrected chi connectivity index (χ0v) is 13.6. The summed E-state index contributed by atoms with van der Waals surface area (Å²) >= 11 is 5.90. The van der Waals surface area contributed by atoms with Crippen molar-refractivity contribution in [1.82, 2.24) is 9.78 Å². The Morgan fingerprint density at radius 3 is 2.68 bits per heavy atom. The van der Waals surface area contributed by atoms with Crippen LogP contribution in [-0.4, -0.2) is 29.6 Å². The van der Waals surface area contributed by atoms with Crippen molar-refractivity contribution in [3.8, 4) is 0 Å². The minimum atomic E-state index is -1.14. The summed E-state index contributed by atoms with van der Waals surface area (Å²) in [6.07, 6.45) is 0.589. The molecular weight excluding hydrogens is 284 g/mol. The lowest BCUT2D eigenvalue weighted by molar-refractivity contribution is 0.0745. The molecule has 5 nitrogen and oxygen atoms in total. The van der Waals surface area contributed by atoms with Crippen molar-refractivity contribution < 1.29 is 9.84 Å². The largest absolute Gasteiger partial charge is 0.389 e. The van der Waals surface area contributed by atoms with E-state index in [0.717, 1.165) is 6.04 Å². The third-order valence-corrected chi connectivity index (χ3v) is 4.76. The van der Waals surface area contributed by atoms with Crippen molar-refractivity contribution in [2.45, 2.75) is 45.4 Å². The molecule has 108 valence electrons. The number of hydrogen-bond acceptors (Lipinski definition) is 4. The Morgan fingerprint density at radius 2 is 2.16 bits per heavy atom. The van der Waals surface area contributed by atoms with Crippen molar-refractivity contribution >= 4 is 19.7 Å². The SMILES string of the molecule is CC(O)c1cnn(COCC[Si](C)(C)C)c(=O)c1Cl. The molecular formula is C12H21ClN2O3Si. The average Bonchev–Trinajstić information content (AvgIpc) is 2.28. The van der Waals surface area contributed by atoms with E-state index < -0.39 is 19.7 Å². The number of aromatic nitrogens is 2. The summed E-state index contributed by atoms with van der Waals surface area (Å²) in [5.41, 5.74) is -0.0990. The van der Waals surface area contributed by atoms with Gasteiger partial charge in [0.1, 0.15) is 11.8 Å². The second-order valence-electron chi connectivity index (χ2n) is 5.74. The van der Waals surface area contributed by atoms with Gasteiger partial charge >= 0.3 is 0 Å². The van der Waals surface area contributed by atoms with E-state index in [4.69, 9.17) is 16.3 Å². The molecule has 0 radical (unpaired) electrons. The van der Waals surface area contributed by atoms with Crippen molar-refractivity contribution in [3.63, 3.8) is 0 Å². The van der Waals surface area contributed by atoms with Crippen LogP contribution in [0.5, 0.6) is 0 Å². The Balaban J connectivity index is 2.66. The Morgan fingerprint density at radius 1 is 1.53 bits per heavy atom. The molecule has 0 saturated heterocycles. The zero-order valence-electron chi connectivity index (χ0n) is 11.8. The molecule has 1 heterocycles.